The molecular weight excluding hydrogens is 945 g/mol. The number of rotatable bonds is 16. The van der Waals surface area contributed by atoms with E-state index >= 15 is 0 Å². The lowest BCUT2D eigenvalue weighted by Gasteiger charge is -2.14. The zero-order chi connectivity index (χ0) is 53.4. The minimum Gasteiger partial charge on any atom is -0.340 e. The van der Waals surface area contributed by atoms with Crippen LogP contribution in [0.3, 0.4) is 0 Å². The molecule has 0 aliphatic rings. The Hall–Kier alpha value is -8.76. The molecule has 0 saturated carbocycles. The molecule has 10 nitrogen and oxygen atoms in total. The quantitative estimate of drug-likeness (QED) is 0.0312. The molecule has 8 aromatic carbocycles. The Bertz CT molecular complexity index is 4050. The zero-order valence-electron chi connectivity index (χ0n) is 44.3. The van der Waals surface area contributed by atoms with Gasteiger partial charge in [0.1, 0.15) is 5.71 Å². The van der Waals surface area contributed by atoms with Crippen molar-refractivity contribution in [1.29, 1.82) is 0 Å². The Kier molecular flexibility index (Phi) is 14.2. The van der Waals surface area contributed by atoms with Crippen LogP contribution in [0.15, 0.2) is 156 Å². The van der Waals surface area contributed by atoms with Crippen molar-refractivity contribution in [2.24, 2.45) is 10.3 Å². The van der Waals surface area contributed by atoms with Crippen LogP contribution >= 0.6 is 0 Å². The van der Waals surface area contributed by atoms with Gasteiger partial charge in [-0.1, -0.05) is 126 Å². The third-order valence-electron chi connectivity index (χ3n) is 14.7. The van der Waals surface area contributed by atoms with E-state index in [4.69, 9.17) is 9.68 Å². The minimum atomic E-state index is -0.510. The number of aryl methyl sites for hydroxylation is 7. The summed E-state index contributed by atoms with van der Waals surface area (Å²) in [4.78, 5) is 63.0. The van der Waals surface area contributed by atoms with Gasteiger partial charge in [0, 0.05) is 104 Å². The number of fused-ring (bicyclic) bond motifs is 8. The molecule has 0 saturated heterocycles. The first-order chi connectivity index (χ1) is 36.7. The number of oxime groups is 2. The van der Waals surface area contributed by atoms with Crippen molar-refractivity contribution in [1.82, 2.24) is 9.13 Å². The van der Waals surface area contributed by atoms with Crippen LogP contribution in [0.25, 0.3) is 54.4 Å². The third kappa shape index (κ3) is 9.74. The zero-order valence-corrected chi connectivity index (χ0v) is 44.3. The number of carbonyl (C=O) groups excluding carboxylic acids is 4. The normalized spacial score (nSPS) is 12.1. The molecule has 2 heterocycles. The molecule has 10 aromatic rings. The van der Waals surface area contributed by atoms with Gasteiger partial charge in [-0.2, -0.15) is 0 Å². The predicted molar refractivity (Wildman–Crippen MR) is 306 cm³/mol. The molecule has 10 rings (SSSR count). The fraction of sp³-hybridized carbons (Fsp3) is 0.212. The Morgan fingerprint density at radius 3 is 1.55 bits per heavy atom. The van der Waals surface area contributed by atoms with E-state index < -0.39 is 11.9 Å². The maximum atomic E-state index is 14.9. The molecule has 0 unspecified atom stereocenters. The molecule has 10 heteroatoms. The molecule has 0 spiro atoms. The van der Waals surface area contributed by atoms with E-state index in [2.05, 4.69) is 87.0 Å². The van der Waals surface area contributed by atoms with Crippen LogP contribution in [0.1, 0.15) is 123 Å². The van der Waals surface area contributed by atoms with Crippen molar-refractivity contribution in [3.8, 4) is 0 Å². The number of hydrogen-bond donors (Lipinski definition) is 0. The molecule has 0 fully saturated rings. The van der Waals surface area contributed by atoms with E-state index in [1.165, 1.54) is 13.8 Å². The van der Waals surface area contributed by atoms with E-state index in [0.717, 1.165) is 143 Å². The van der Waals surface area contributed by atoms with Crippen LogP contribution in [0.5, 0.6) is 0 Å². The Balaban J connectivity index is 0.997. The summed E-state index contributed by atoms with van der Waals surface area (Å²) in [6, 6.07) is 48.5. The maximum absolute atomic E-state index is 14.9. The number of unbranched alkanes of at least 4 members (excludes halogenated alkanes) is 3. The lowest BCUT2D eigenvalue weighted by atomic mass is 9.89. The SMILES string of the molecule is CC(=O)O/N=C(/c1ccc2c(c1)c1cc(C(=O)c3c(C)cc(C)cc3C)c3ccccc3c1n2CCCCCCn1c2ccc(C(=O)c3ccccc3C)cc2c2cc(/C(C)=N/OC(C)=O)ccc21)c1ccccc1C. The summed E-state index contributed by atoms with van der Waals surface area (Å²) in [6.07, 6.45) is 3.76. The minimum absolute atomic E-state index is 0.00899. The van der Waals surface area contributed by atoms with E-state index in [-0.39, 0.29) is 11.6 Å². The highest BCUT2D eigenvalue weighted by Crippen LogP contribution is 2.39. The predicted octanol–water partition coefficient (Wildman–Crippen LogP) is 14.9. The lowest BCUT2D eigenvalue weighted by molar-refractivity contribution is -0.141. The standard InChI is InChI=1S/C66H60N4O6/c1-39-33-42(4)62(43(5)34-39)66(74)58-38-57-56-36-48(63(68-76-46(8)72)50-21-13-11-19-40(50)2)26-29-61(56)70(64(57)53-24-16-15-23-52(53)58)32-18-10-9-17-31-69-59-28-25-47(44(6)67-75-45(7)71)35-54(59)55-37-49(27-30-60(55)69)65(73)51-22-14-12-20-41(51)3/h11-16,19-30,33-38H,9-10,17-18,31-32H2,1-8H3/b67-44+,68-63-. The van der Waals surface area contributed by atoms with Crippen LogP contribution in [0.4, 0.5) is 0 Å². The molecule has 2 aromatic heterocycles. The second-order valence-electron chi connectivity index (χ2n) is 20.1. The summed E-state index contributed by atoms with van der Waals surface area (Å²) in [5.74, 6) is -1.03. The van der Waals surface area contributed by atoms with Crippen LogP contribution < -0.4 is 0 Å². The van der Waals surface area contributed by atoms with Crippen molar-refractivity contribution < 1.29 is 28.9 Å². The summed E-state index contributed by atoms with van der Waals surface area (Å²) in [5.41, 5.74) is 15.3. The molecule has 380 valence electrons. The number of hydrogen-bond acceptors (Lipinski definition) is 8. The third-order valence-corrected chi connectivity index (χ3v) is 14.7. The average Bonchev–Trinajstić information content (AvgIpc) is 3.96. The number of carbonyl (C=O) groups is 4. The number of aromatic nitrogens is 2. The fourth-order valence-corrected chi connectivity index (χ4v) is 11.2. The first-order valence-electron chi connectivity index (χ1n) is 26.0. The Morgan fingerprint density at radius 2 is 0.921 bits per heavy atom. The van der Waals surface area contributed by atoms with Gasteiger partial charge in [-0.3, -0.25) is 9.59 Å². The van der Waals surface area contributed by atoms with Crippen LogP contribution in [0.2, 0.25) is 0 Å². The Morgan fingerprint density at radius 1 is 0.421 bits per heavy atom. The van der Waals surface area contributed by atoms with Gasteiger partial charge < -0.3 is 18.8 Å². The largest absolute Gasteiger partial charge is 0.340 e. The summed E-state index contributed by atoms with van der Waals surface area (Å²) in [6.45, 7) is 16.0. The molecule has 0 atom stereocenters. The molecule has 0 aliphatic carbocycles. The monoisotopic (exact) mass is 1000 g/mol. The van der Waals surface area contributed by atoms with E-state index in [1.807, 2.05) is 120 Å². The van der Waals surface area contributed by atoms with E-state index in [9.17, 15) is 19.2 Å². The van der Waals surface area contributed by atoms with Gasteiger partial charge in [0.15, 0.2) is 11.6 Å². The fourth-order valence-electron chi connectivity index (χ4n) is 11.2. The average molecular weight is 1010 g/mol. The summed E-state index contributed by atoms with van der Waals surface area (Å²) < 4.78 is 4.76. The van der Waals surface area contributed by atoms with Crippen molar-refractivity contribution in [2.45, 2.75) is 94.2 Å². The first kappa shape index (κ1) is 50.8. The van der Waals surface area contributed by atoms with Crippen molar-refractivity contribution >= 4 is 89.3 Å². The first-order valence-corrected chi connectivity index (χ1v) is 26.0. The van der Waals surface area contributed by atoms with E-state index in [0.29, 0.717) is 28.1 Å². The highest BCUT2D eigenvalue weighted by molar-refractivity contribution is 6.27. The summed E-state index contributed by atoms with van der Waals surface area (Å²) >= 11 is 0. The summed E-state index contributed by atoms with van der Waals surface area (Å²) in [7, 11) is 0. The van der Waals surface area contributed by atoms with Gasteiger partial charge >= 0.3 is 11.9 Å². The molecule has 0 aliphatic heterocycles. The molecule has 76 heavy (non-hydrogen) atoms. The molecule has 0 amide bonds. The van der Waals surface area contributed by atoms with Gasteiger partial charge in [-0.15, -0.1) is 0 Å². The summed E-state index contributed by atoms with van der Waals surface area (Å²) in [5, 5.41) is 14.3. The lowest BCUT2D eigenvalue weighted by Crippen LogP contribution is -2.08. The van der Waals surface area contributed by atoms with Gasteiger partial charge in [0.05, 0.1) is 11.2 Å². The molecule has 0 N–H and O–H groups in total. The maximum Gasteiger partial charge on any atom is 0.332 e. The van der Waals surface area contributed by atoms with Gasteiger partial charge in [0.2, 0.25) is 0 Å². The van der Waals surface area contributed by atoms with Crippen LogP contribution in [0, 0.1) is 34.6 Å². The van der Waals surface area contributed by atoms with Gasteiger partial charge in [-0.25, -0.2) is 9.59 Å². The van der Waals surface area contributed by atoms with Crippen molar-refractivity contribution in [3.63, 3.8) is 0 Å². The van der Waals surface area contributed by atoms with Crippen LogP contribution in [-0.4, -0.2) is 44.1 Å². The van der Waals surface area contributed by atoms with Crippen molar-refractivity contribution in [3.05, 3.63) is 212 Å². The van der Waals surface area contributed by atoms with E-state index in [1.54, 1.807) is 0 Å². The highest BCUT2D eigenvalue weighted by atomic mass is 16.7. The number of benzene rings is 8. The van der Waals surface area contributed by atoms with Gasteiger partial charge in [-0.05, 0) is 136 Å². The molecular formula is C66H60N4O6. The second kappa shape index (κ2) is 21.2. The van der Waals surface area contributed by atoms with Crippen molar-refractivity contribution in [2.75, 3.05) is 0 Å². The van der Waals surface area contributed by atoms with Gasteiger partial charge in [0.25, 0.3) is 0 Å². The number of nitrogens with zero attached hydrogens (tertiary/aromatic N) is 4. The highest BCUT2D eigenvalue weighted by Gasteiger charge is 2.24. The Labute approximate surface area is 442 Å². The second-order valence-corrected chi connectivity index (χ2v) is 20.1. The topological polar surface area (TPSA) is 121 Å². The van der Waals surface area contributed by atoms with Crippen LogP contribution in [-0.2, 0) is 32.4 Å². The number of ketones is 2. The molecule has 0 radical (unpaired) electrons. The smallest absolute Gasteiger partial charge is 0.332 e. The molecule has 0 bridgehead atoms.